The van der Waals surface area contributed by atoms with Crippen molar-refractivity contribution in [3.63, 3.8) is 0 Å². The van der Waals surface area contributed by atoms with Crippen LogP contribution in [0, 0.1) is 12.3 Å². The Bertz CT molecular complexity index is 246. The molecule has 1 rings (SSSR count). The van der Waals surface area contributed by atoms with Crippen LogP contribution >= 0.6 is 0 Å². The average Bonchev–Trinajstić information content (AvgIpc) is 2.69. The summed E-state index contributed by atoms with van der Waals surface area (Å²) in [6, 6.07) is 0. The summed E-state index contributed by atoms with van der Waals surface area (Å²) in [5, 5.41) is 16.0. The SMILES string of the molecule is C#CCC1(CCCC(=O)O)N=N1. The van der Waals surface area contributed by atoms with Gasteiger partial charge in [-0.05, 0) is 12.8 Å². The average molecular weight is 166 g/mol. The summed E-state index contributed by atoms with van der Waals surface area (Å²) in [4.78, 5) is 10.2. The lowest BCUT2D eigenvalue weighted by Gasteiger charge is -2.03. The summed E-state index contributed by atoms with van der Waals surface area (Å²) in [5.74, 6) is 1.69. The van der Waals surface area contributed by atoms with Crippen molar-refractivity contribution in [3.05, 3.63) is 0 Å². The maximum Gasteiger partial charge on any atom is 0.303 e. The zero-order valence-corrected chi connectivity index (χ0v) is 6.66. The second-order valence-corrected chi connectivity index (χ2v) is 2.81. The van der Waals surface area contributed by atoms with Gasteiger partial charge < -0.3 is 5.11 Å². The summed E-state index contributed by atoms with van der Waals surface area (Å²) < 4.78 is 0. The molecule has 1 heterocycles. The predicted octanol–water partition coefficient (Wildman–Crippen LogP) is 1.43. The summed E-state index contributed by atoms with van der Waals surface area (Å²) >= 11 is 0. The van der Waals surface area contributed by atoms with E-state index in [1.807, 2.05) is 0 Å². The Kier molecular flexibility index (Phi) is 2.44. The first-order valence-electron chi connectivity index (χ1n) is 3.78. The van der Waals surface area contributed by atoms with Gasteiger partial charge in [-0.2, -0.15) is 10.2 Å². The van der Waals surface area contributed by atoms with Crippen LogP contribution in [0.1, 0.15) is 25.7 Å². The quantitative estimate of drug-likeness (QED) is 0.628. The topological polar surface area (TPSA) is 62.0 Å². The highest BCUT2D eigenvalue weighted by atomic mass is 16.4. The van der Waals surface area contributed by atoms with E-state index in [2.05, 4.69) is 16.1 Å². The minimum Gasteiger partial charge on any atom is -0.481 e. The standard InChI is InChI=1S/C8H10N2O2/c1-2-5-8(9-10-8)6-3-4-7(11)12/h1H,3-6H2,(H,11,12). The van der Waals surface area contributed by atoms with Crippen LogP contribution < -0.4 is 0 Å². The van der Waals surface area contributed by atoms with Gasteiger partial charge in [-0.1, -0.05) is 0 Å². The lowest BCUT2D eigenvalue weighted by Crippen LogP contribution is -2.10. The van der Waals surface area contributed by atoms with Crippen molar-refractivity contribution < 1.29 is 9.90 Å². The molecule has 0 aromatic heterocycles. The maximum atomic E-state index is 10.2. The molecular weight excluding hydrogens is 156 g/mol. The van der Waals surface area contributed by atoms with Crippen LogP contribution in [0.2, 0.25) is 0 Å². The van der Waals surface area contributed by atoms with E-state index in [4.69, 9.17) is 11.5 Å². The van der Waals surface area contributed by atoms with Gasteiger partial charge in [-0.3, -0.25) is 4.79 Å². The molecule has 1 aliphatic heterocycles. The molecule has 0 saturated carbocycles. The number of rotatable bonds is 5. The number of terminal acetylenes is 1. The number of aliphatic carboxylic acids is 1. The Morgan fingerprint density at radius 3 is 2.67 bits per heavy atom. The fourth-order valence-electron chi connectivity index (χ4n) is 1.02. The highest BCUT2D eigenvalue weighted by Gasteiger charge is 2.38. The van der Waals surface area contributed by atoms with Gasteiger partial charge in [-0.25, -0.2) is 0 Å². The highest BCUT2D eigenvalue weighted by molar-refractivity contribution is 5.66. The van der Waals surface area contributed by atoms with Crippen LogP contribution in [0.3, 0.4) is 0 Å². The first kappa shape index (κ1) is 8.72. The molecule has 0 spiro atoms. The van der Waals surface area contributed by atoms with Crippen molar-refractivity contribution in [2.24, 2.45) is 10.2 Å². The smallest absolute Gasteiger partial charge is 0.303 e. The number of hydrogen-bond donors (Lipinski definition) is 1. The van der Waals surface area contributed by atoms with Gasteiger partial charge in [0.25, 0.3) is 0 Å². The zero-order chi connectivity index (χ0) is 9.03. The molecule has 4 nitrogen and oxygen atoms in total. The van der Waals surface area contributed by atoms with Gasteiger partial charge in [0.1, 0.15) is 0 Å². The van der Waals surface area contributed by atoms with Gasteiger partial charge in [0.05, 0.1) is 6.42 Å². The van der Waals surface area contributed by atoms with Crippen molar-refractivity contribution in [1.29, 1.82) is 0 Å². The van der Waals surface area contributed by atoms with Gasteiger partial charge in [0.15, 0.2) is 0 Å². The first-order valence-corrected chi connectivity index (χ1v) is 3.78. The second kappa shape index (κ2) is 3.35. The molecule has 64 valence electrons. The third-order valence-corrected chi connectivity index (χ3v) is 1.74. The third kappa shape index (κ3) is 2.35. The van der Waals surface area contributed by atoms with Gasteiger partial charge in [-0.15, -0.1) is 12.3 Å². The number of nitrogens with zero attached hydrogens (tertiary/aromatic N) is 2. The molecule has 0 radical (unpaired) electrons. The van der Waals surface area contributed by atoms with E-state index >= 15 is 0 Å². The Labute approximate surface area is 70.7 Å². The van der Waals surface area contributed by atoms with E-state index in [-0.39, 0.29) is 6.42 Å². The van der Waals surface area contributed by atoms with Crippen molar-refractivity contribution >= 4 is 5.97 Å². The molecule has 0 saturated heterocycles. The van der Waals surface area contributed by atoms with Crippen LogP contribution in [0.5, 0.6) is 0 Å². The van der Waals surface area contributed by atoms with Crippen molar-refractivity contribution in [1.82, 2.24) is 0 Å². The maximum absolute atomic E-state index is 10.2. The zero-order valence-electron chi connectivity index (χ0n) is 6.66. The number of hydrogen-bond acceptors (Lipinski definition) is 3. The van der Waals surface area contributed by atoms with Crippen LogP contribution in [-0.4, -0.2) is 16.7 Å². The third-order valence-electron chi connectivity index (χ3n) is 1.74. The molecule has 0 fully saturated rings. The molecule has 1 N–H and O–H groups in total. The number of carbonyl (C=O) groups is 1. The van der Waals surface area contributed by atoms with Crippen LogP contribution in [0.25, 0.3) is 0 Å². The molecular formula is C8H10N2O2. The molecule has 0 aromatic rings. The molecule has 4 heteroatoms. The lowest BCUT2D eigenvalue weighted by atomic mass is 10.0. The van der Waals surface area contributed by atoms with Crippen LogP contribution in [-0.2, 0) is 4.79 Å². The lowest BCUT2D eigenvalue weighted by molar-refractivity contribution is -0.137. The van der Waals surface area contributed by atoms with Gasteiger partial charge >= 0.3 is 5.97 Å². The Balaban J connectivity index is 2.15. The van der Waals surface area contributed by atoms with E-state index in [1.54, 1.807) is 0 Å². The van der Waals surface area contributed by atoms with Crippen molar-refractivity contribution in [2.75, 3.05) is 0 Å². The van der Waals surface area contributed by atoms with E-state index in [0.717, 1.165) is 0 Å². The van der Waals surface area contributed by atoms with Gasteiger partial charge in [0.2, 0.25) is 5.66 Å². The van der Waals surface area contributed by atoms with E-state index in [1.165, 1.54) is 0 Å². The molecule has 0 aliphatic carbocycles. The monoisotopic (exact) mass is 166 g/mol. The highest BCUT2D eigenvalue weighted by Crippen LogP contribution is 2.36. The minimum absolute atomic E-state index is 0.164. The Morgan fingerprint density at radius 2 is 2.25 bits per heavy atom. The molecule has 0 amide bonds. The van der Waals surface area contributed by atoms with E-state index in [9.17, 15) is 4.79 Å². The fourth-order valence-corrected chi connectivity index (χ4v) is 1.02. The predicted molar refractivity (Wildman–Crippen MR) is 42.5 cm³/mol. The fraction of sp³-hybridized carbons (Fsp3) is 0.625. The summed E-state index contributed by atoms with van der Waals surface area (Å²) in [7, 11) is 0. The molecule has 0 bridgehead atoms. The van der Waals surface area contributed by atoms with Crippen LogP contribution in [0.4, 0.5) is 0 Å². The normalized spacial score (nSPS) is 16.9. The molecule has 1 aliphatic rings. The number of carboxylic acids is 1. The summed E-state index contributed by atoms with van der Waals surface area (Å²) in [6.45, 7) is 0. The van der Waals surface area contributed by atoms with E-state index in [0.29, 0.717) is 19.3 Å². The molecule has 12 heavy (non-hydrogen) atoms. The summed E-state index contributed by atoms with van der Waals surface area (Å²) in [6.07, 6.45) is 7.00. The molecule has 0 unspecified atom stereocenters. The largest absolute Gasteiger partial charge is 0.481 e. The van der Waals surface area contributed by atoms with E-state index < -0.39 is 11.6 Å². The number of carboxylic acid groups (broad SMARTS) is 1. The van der Waals surface area contributed by atoms with Gasteiger partial charge in [0, 0.05) is 6.42 Å². The van der Waals surface area contributed by atoms with Crippen molar-refractivity contribution in [2.45, 2.75) is 31.3 Å². The first-order chi connectivity index (χ1) is 5.68. The summed E-state index contributed by atoms with van der Waals surface area (Å²) in [5.41, 5.74) is -0.413. The minimum atomic E-state index is -0.786. The Morgan fingerprint density at radius 1 is 1.58 bits per heavy atom. The van der Waals surface area contributed by atoms with Crippen LogP contribution in [0.15, 0.2) is 10.2 Å². The Hall–Kier alpha value is -1.37. The molecule has 0 atom stereocenters. The molecule has 0 aromatic carbocycles. The van der Waals surface area contributed by atoms with Crippen molar-refractivity contribution in [3.8, 4) is 12.3 Å². The second-order valence-electron chi connectivity index (χ2n) is 2.81.